The number of rotatable bonds is 5. The Morgan fingerprint density at radius 1 is 1.38 bits per heavy atom. The molecule has 5 nitrogen and oxygen atoms in total. The standard InChI is InChI=1S/C19H23N3O2S2/c1-12-17(13-6-8-22(12)9-7-13)21-18(23)19-20-11-16(26-19)25-15-5-3-4-14(10-15)24-2/h3-5,10-13,17H,6-9H2,1-2H3,(H,21,23). The number of nitrogens with zero attached hydrogens (tertiary/aromatic N) is 2. The number of benzene rings is 1. The average Bonchev–Trinajstić information content (AvgIpc) is 3.13. The molecular weight excluding hydrogens is 366 g/mol. The van der Waals surface area contributed by atoms with E-state index < -0.39 is 0 Å². The van der Waals surface area contributed by atoms with Crippen LogP contribution in [-0.2, 0) is 0 Å². The summed E-state index contributed by atoms with van der Waals surface area (Å²) >= 11 is 3.05. The van der Waals surface area contributed by atoms with Crippen molar-refractivity contribution in [1.29, 1.82) is 0 Å². The molecule has 0 aliphatic carbocycles. The number of amides is 1. The van der Waals surface area contributed by atoms with Crippen molar-refractivity contribution in [1.82, 2.24) is 15.2 Å². The van der Waals surface area contributed by atoms with Gasteiger partial charge in [0.15, 0.2) is 5.01 Å². The number of fused-ring (bicyclic) bond motifs is 3. The van der Waals surface area contributed by atoms with E-state index >= 15 is 0 Å². The summed E-state index contributed by atoms with van der Waals surface area (Å²) < 4.78 is 6.27. The minimum Gasteiger partial charge on any atom is -0.497 e. The van der Waals surface area contributed by atoms with Crippen molar-refractivity contribution in [2.24, 2.45) is 5.92 Å². The summed E-state index contributed by atoms with van der Waals surface area (Å²) in [4.78, 5) is 20.6. The summed E-state index contributed by atoms with van der Waals surface area (Å²) in [6, 6.07) is 8.55. The molecule has 138 valence electrons. The van der Waals surface area contributed by atoms with Gasteiger partial charge in [0.25, 0.3) is 5.91 Å². The highest BCUT2D eigenvalue weighted by Crippen LogP contribution is 2.35. The number of methoxy groups -OCH3 is 1. The van der Waals surface area contributed by atoms with Gasteiger partial charge in [-0.2, -0.15) is 0 Å². The maximum absolute atomic E-state index is 12.7. The van der Waals surface area contributed by atoms with Gasteiger partial charge in [-0.1, -0.05) is 17.8 Å². The van der Waals surface area contributed by atoms with E-state index in [1.807, 2.05) is 24.3 Å². The fourth-order valence-electron chi connectivity index (χ4n) is 3.95. The number of nitrogens with one attached hydrogen (secondary N) is 1. The lowest BCUT2D eigenvalue weighted by Gasteiger charge is -2.49. The fourth-order valence-corrected chi connectivity index (χ4v) is 5.86. The van der Waals surface area contributed by atoms with Gasteiger partial charge < -0.3 is 10.1 Å². The topological polar surface area (TPSA) is 54.5 Å². The molecule has 0 radical (unpaired) electrons. The van der Waals surface area contributed by atoms with E-state index in [4.69, 9.17) is 4.74 Å². The molecule has 1 amide bonds. The number of ether oxygens (including phenoxy) is 1. The number of thiazole rings is 1. The minimum atomic E-state index is -0.0434. The number of aromatic nitrogens is 1. The Morgan fingerprint density at radius 2 is 2.19 bits per heavy atom. The molecule has 7 heteroatoms. The van der Waals surface area contributed by atoms with E-state index in [-0.39, 0.29) is 11.9 Å². The predicted molar refractivity (Wildman–Crippen MR) is 104 cm³/mol. The SMILES string of the molecule is COc1cccc(Sc2cnc(C(=O)NC3C4CCN(CC4)C3C)s2)c1. The second-order valence-electron chi connectivity index (χ2n) is 6.88. The van der Waals surface area contributed by atoms with E-state index in [1.165, 1.54) is 24.2 Å². The maximum atomic E-state index is 12.7. The van der Waals surface area contributed by atoms with Crippen LogP contribution in [0, 0.1) is 5.92 Å². The minimum absolute atomic E-state index is 0.0434. The van der Waals surface area contributed by atoms with Crippen molar-refractivity contribution in [3.63, 3.8) is 0 Å². The third kappa shape index (κ3) is 3.61. The van der Waals surface area contributed by atoms with Crippen LogP contribution in [0.1, 0.15) is 29.6 Å². The van der Waals surface area contributed by atoms with Crippen LogP contribution < -0.4 is 10.1 Å². The number of hydrogen-bond acceptors (Lipinski definition) is 6. The third-order valence-electron chi connectivity index (χ3n) is 5.41. The molecule has 2 atom stereocenters. The summed E-state index contributed by atoms with van der Waals surface area (Å²) in [6.45, 7) is 4.55. The van der Waals surface area contributed by atoms with Gasteiger partial charge in [-0.05, 0) is 57.0 Å². The van der Waals surface area contributed by atoms with Crippen LogP contribution in [0.15, 0.2) is 39.6 Å². The second kappa shape index (κ2) is 7.58. The molecule has 1 N–H and O–H groups in total. The lowest BCUT2D eigenvalue weighted by molar-refractivity contribution is 0.0217. The first-order chi connectivity index (χ1) is 12.6. The maximum Gasteiger partial charge on any atom is 0.280 e. The molecular formula is C19H23N3O2S2. The van der Waals surface area contributed by atoms with Crippen molar-refractivity contribution >= 4 is 29.0 Å². The van der Waals surface area contributed by atoms with E-state index in [9.17, 15) is 4.79 Å². The Balaban J connectivity index is 1.41. The molecule has 1 aromatic heterocycles. The van der Waals surface area contributed by atoms with Gasteiger partial charge >= 0.3 is 0 Å². The molecule has 4 heterocycles. The van der Waals surface area contributed by atoms with E-state index in [1.54, 1.807) is 25.1 Å². The molecule has 0 spiro atoms. The lowest BCUT2D eigenvalue weighted by atomic mass is 9.79. The number of hydrogen-bond donors (Lipinski definition) is 1. The Labute approximate surface area is 162 Å². The van der Waals surface area contributed by atoms with E-state index in [2.05, 4.69) is 22.1 Å². The second-order valence-corrected chi connectivity index (χ2v) is 9.28. The van der Waals surface area contributed by atoms with Crippen LogP contribution in [0.25, 0.3) is 0 Å². The number of carbonyl (C=O) groups excluding carboxylic acids is 1. The molecule has 2 unspecified atom stereocenters. The highest BCUT2D eigenvalue weighted by Gasteiger charge is 2.40. The first-order valence-electron chi connectivity index (χ1n) is 8.96. The first kappa shape index (κ1) is 17.8. The largest absolute Gasteiger partial charge is 0.497 e. The summed E-state index contributed by atoms with van der Waals surface area (Å²) in [7, 11) is 1.66. The van der Waals surface area contributed by atoms with Crippen LogP contribution in [-0.4, -0.2) is 48.1 Å². The third-order valence-corrected chi connectivity index (χ3v) is 7.50. The van der Waals surface area contributed by atoms with E-state index in [0.29, 0.717) is 17.0 Å². The van der Waals surface area contributed by atoms with Crippen molar-refractivity contribution in [3.8, 4) is 5.75 Å². The van der Waals surface area contributed by atoms with Crippen molar-refractivity contribution in [2.45, 2.75) is 41.0 Å². The Morgan fingerprint density at radius 3 is 2.92 bits per heavy atom. The highest BCUT2D eigenvalue weighted by molar-refractivity contribution is 8.01. The average molecular weight is 390 g/mol. The molecule has 3 fully saturated rings. The molecule has 3 aliphatic heterocycles. The zero-order valence-corrected chi connectivity index (χ0v) is 16.6. The molecule has 26 heavy (non-hydrogen) atoms. The summed E-state index contributed by atoms with van der Waals surface area (Å²) in [5, 5.41) is 3.79. The van der Waals surface area contributed by atoms with Gasteiger partial charge in [-0.15, -0.1) is 11.3 Å². The van der Waals surface area contributed by atoms with Crippen molar-refractivity contribution < 1.29 is 9.53 Å². The normalized spacial score (nSPS) is 27.3. The van der Waals surface area contributed by atoms with Gasteiger partial charge in [-0.3, -0.25) is 9.69 Å². The van der Waals surface area contributed by atoms with Crippen LogP contribution in [0.4, 0.5) is 0 Å². The Kier molecular flexibility index (Phi) is 5.20. The highest BCUT2D eigenvalue weighted by atomic mass is 32.2. The van der Waals surface area contributed by atoms with Crippen molar-refractivity contribution in [2.75, 3.05) is 20.2 Å². The molecule has 3 saturated heterocycles. The quantitative estimate of drug-likeness (QED) is 0.848. The monoisotopic (exact) mass is 389 g/mol. The Hall–Kier alpha value is -1.57. The van der Waals surface area contributed by atoms with Gasteiger partial charge in [0.1, 0.15) is 5.75 Å². The predicted octanol–water partition coefficient (Wildman–Crippen LogP) is 3.52. The zero-order chi connectivity index (χ0) is 18.1. The molecule has 2 bridgehead atoms. The first-order valence-corrected chi connectivity index (χ1v) is 10.6. The molecule has 5 rings (SSSR count). The number of piperidine rings is 3. The van der Waals surface area contributed by atoms with Gasteiger partial charge in [-0.25, -0.2) is 4.98 Å². The van der Waals surface area contributed by atoms with Crippen LogP contribution in [0.5, 0.6) is 5.75 Å². The molecule has 1 aromatic carbocycles. The van der Waals surface area contributed by atoms with Gasteiger partial charge in [0, 0.05) is 17.0 Å². The smallest absolute Gasteiger partial charge is 0.280 e. The summed E-state index contributed by atoms with van der Waals surface area (Å²) in [6.07, 6.45) is 4.15. The lowest BCUT2D eigenvalue weighted by Crippen LogP contribution is -2.62. The summed E-state index contributed by atoms with van der Waals surface area (Å²) in [5.41, 5.74) is 0. The molecule has 2 aromatic rings. The molecule has 0 saturated carbocycles. The molecule has 3 aliphatic rings. The van der Waals surface area contributed by atoms with Gasteiger partial charge in [0.05, 0.1) is 17.5 Å². The number of carbonyl (C=O) groups is 1. The summed E-state index contributed by atoms with van der Waals surface area (Å²) in [5.74, 6) is 1.39. The Bertz CT molecular complexity index is 785. The zero-order valence-electron chi connectivity index (χ0n) is 15.0. The fraction of sp³-hybridized carbons (Fsp3) is 0.474. The van der Waals surface area contributed by atoms with Crippen molar-refractivity contribution in [3.05, 3.63) is 35.5 Å². The van der Waals surface area contributed by atoms with Crippen LogP contribution in [0.3, 0.4) is 0 Å². The van der Waals surface area contributed by atoms with E-state index in [0.717, 1.165) is 27.9 Å². The van der Waals surface area contributed by atoms with Crippen LogP contribution >= 0.6 is 23.1 Å². The van der Waals surface area contributed by atoms with Crippen LogP contribution in [0.2, 0.25) is 0 Å². The van der Waals surface area contributed by atoms with Gasteiger partial charge in [0.2, 0.25) is 0 Å².